The number of unbranched alkanes of at least 4 members (excludes halogenated alkanes) is 1. The number of aryl methyl sites for hydroxylation is 1. The van der Waals surface area contributed by atoms with Crippen LogP contribution >= 0.6 is 21.6 Å². The van der Waals surface area contributed by atoms with Gasteiger partial charge in [-0.3, -0.25) is 14.9 Å². The van der Waals surface area contributed by atoms with Gasteiger partial charge in [-0.05, 0) is 66.8 Å². The third-order valence-corrected chi connectivity index (χ3v) is 9.09. The maximum absolute atomic E-state index is 11.9. The summed E-state index contributed by atoms with van der Waals surface area (Å²) in [6.07, 6.45) is 7.22. The van der Waals surface area contributed by atoms with Gasteiger partial charge in [-0.2, -0.15) is 0 Å². The number of carbonyl (C=O) groups excluding carboxylic acids is 3. The standard InChI is InChI=1S/C17H34N2O3S2.C16H21NO3/c1-14(20)22-9-11-24-23-10-6-15(21)19-13-17(4,5)12-16(2,3)7-8-18;1-4-5-6-12-10-15(12)20-16(18)17-13-9-11(2)7-8-14(13)19-3/h6-13,18H2,1-5H3,(H,19,21);6-9,15H,4-5,10H2,1-3H3,(H,17,18)/b;12-6-. The number of carbonyl (C=O) groups is 3. The highest BCUT2D eigenvalue weighted by Crippen LogP contribution is 2.36. The minimum Gasteiger partial charge on any atom is -0.495 e. The monoisotopic (exact) mass is 653 g/mol. The van der Waals surface area contributed by atoms with Gasteiger partial charge in [-0.15, -0.1) is 0 Å². The molecule has 11 heteroatoms. The molecule has 0 aromatic heterocycles. The van der Waals surface area contributed by atoms with E-state index in [1.807, 2.05) is 25.1 Å². The normalized spacial score (nSPS) is 15.1. The van der Waals surface area contributed by atoms with E-state index in [0.717, 1.165) is 49.2 Å². The summed E-state index contributed by atoms with van der Waals surface area (Å²) >= 11 is 0. The van der Waals surface area contributed by atoms with Crippen molar-refractivity contribution in [3.63, 3.8) is 0 Å². The molecule has 1 unspecified atom stereocenters. The van der Waals surface area contributed by atoms with Crippen LogP contribution in [0.4, 0.5) is 10.5 Å². The number of rotatable bonds is 18. The quantitative estimate of drug-likeness (QED) is 0.0648. The highest BCUT2D eigenvalue weighted by Gasteiger charge is 2.33. The molecule has 1 aromatic rings. The number of benzene rings is 1. The molecule has 0 heterocycles. The van der Waals surface area contributed by atoms with Crippen LogP contribution in [0.25, 0.3) is 0 Å². The van der Waals surface area contributed by atoms with E-state index in [0.29, 0.717) is 37.6 Å². The van der Waals surface area contributed by atoms with Gasteiger partial charge in [0.25, 0.3) is 0 Å². The molecule has 0 aliphatic heterocycles. The smallest absolute Gasteiger partial charge is 0.412 e. The molecule has 1 fully saturated rings. The molecule has 0 bridgehead atoms. The lowest BCUT2D eigenvalue weighted by Gasteiger charge is -2.35. The zero-order valence-corrected chi connectivity index (χ0v) is 29.6. The Morgan fingerprint density at radius 1 is 1.11 bits per heavy atom. The molecule has 1 aromatic carbocycles. The van der Waals surface area contributed by atoms with Crippen molar-refractivity contribution in [3.05, 3.63) is 35.4 Å². The fraction of sp³-hybridized carbons (Fsp3) is 0.667. The molecule has 0 spiro atoms. The largest absolute Gasteiger partial charge is 0.495 e. The van der Waals surface area contributed by atoms with Gasteiger partial charge in [-0.1, -0.05) is 74.8 Å². The Kier molecular flexibility index (Phi) is 18.6. The molecule has 9 nitrogen and oxygen atoms in total. The van der Waals surface area contributed by atoms with Gasteiger partial charge < -0.3 is 25.3 Å². The number of amides is 2. The first-order valence-corrected chi connectivity index (χ1v) is 17.9. The molecule has 250 valence electrons. The zero-order chi connectivity index (χ0) is 33.2. The number of esters is 1. The summed E-state index contributed by atoms with van der Waals surface area (Å²) in [4.78, 5) is 34.4. The van der Waals surface area contributed by atoms with Gasteiger partial charge in [-0.25, -0.2) is 4.79 Å². The Morgan fingerprint density at radius 2 is 1.82 bits per heavy atom. The van der Waals surface area contributed by atoms with Gasteiger partial charge in [0.2, 0.25) is 5.91 Å². The highest BCUT2D eigenvalue weighted by atomic mass is 33.1. The van der Waals surface area contributed by atoms with Crippen molar-refractivity contribution >= 4 is 45.2 Å². The number of allylic oxidation sites excluding steroid dienone is 1. The molecule has 44 heavy (non-hydrogen) atoms. The second kappa shape index (κ2) is 20.6. The average Bonchev–Trinajstić information content (AvgIpc) is 3.67. The lowest BCUT2D eigenvalue weighted by atomic mass is 9.73. The van der Waals surface area contributed by atoms with Crippen LogP contribution in [-0.4, -0.2) is 62.4 Å². The van der Waals surface area contributed by atoms with Crippen molar-refractivity contribution in [3.8, 4) is 5.75 Å². The zero-order valence-electron chi connectivity index (χ0n) is 28.0. The van der Waals surface area contributed by atoms with E-state index in [9.17, 15) is 14.4 Å². The van der Waals surface area contributed by atoms with Crippen LogP contribution in [0.3, 0.4) is 0 Å². The van der Waals surface area contributed by atoms with E-state index in [2.05, 4.69) is 51.3 Å². The van der Waals surface area contributed by atoms with Crippen molar-refractivity contribution in [2.75, 3.05) is 43.6 Å². The Bertz CT molecular complexity index is 1080. The first kappa shape index (κ1) is 39.7. The molecule has 0 radical (unpaired) electrons. The SMILES string of the molecule is CC(=O)OCCSSCCC(=O)NCC(C)(C)CC(C)(C)CCN.CCC/C=C1/CC1OC(=O)Nc1cc(C)ccc1OC. The molecule has 1 atom stereocenters. The topological polar surface area (TPSA) is 129 Å². The second-order valence-corrected chi connectivity index (χ2v) is 15.3. The number of anilines is 1. The Balaban J connectivity index is 0.000000445. The lowest BCUT2D eigenvalue weighted by molar-refractivity contribution is -0.140. The van der Waals surface area contributed by atoms with Crippen molar-refractivity contribution in [2.24, 2.45) is 16.6 Å². The number of nitrogens with one attached hydrogen (secondary N) is 2. The van der Waals surface area contributed by atoms with Crippen LogP contribution < -0.4 is 21.1 Å². The first-order chi connectivity index (χ1) is 20.7. The van der Waals surface area contributed by atoms with Crippen LogP contribution in [0.15, 0.2) is 29.8 Å². The minimum absolute atomic E-state index is 0.0441. The van der Waals surface area contributed by atoms with Crippen LogP contribution in [-0.2, 0) is 19.1 Å². The number of nitrogens with two attached hydrogens (primary N) is 1. The predicted octanol–water partition coefficient (Wildman–Crippen LogP) is 7.28. The summed E-state index contributed by atoms with van der Waals surface area (Å²) in [5.74, 6) is 1.97. The predicted molar refractivity (Wildman–Crippen MR) is 184 cm³/mol. The van der Waals surface area contributed by atoms with Gasteiger partial charge in [0.1, 0.15) is 18.5 Å². The summed E-state index contributed by atoms with van der Waals surface area (Å²) in [5, 5.41) is 5.78. The van der Waals surface area contributed by atoms with Crippen LogP contribution in [0, 0.1) is 17.8 Å². The summed E-state index contributed by atoms with van der Waals surface area (Å²) in [7, 11) is 4.83. The molecule has 1 aliphatic rings. The van der Waals surface area contributed by atoms with Crippen molar-refractivity contribution in [1.29, 1.82) is 0 Å². The molecular formula is C33H55N3O6S2. The van der Waals surface area contributed by atoms with Crippen molar-refractivity contribution in [1.82, 2.24) is 5.32 Å². The van der Waals surface area contributed by atoms with E-state index in [1.165, 1.54) is 12.5 Å². The molecule has 1 aliphatic carbocycles. The maximum Gasteiger partial charge on any atom is 0.412 e. The van der Waals surface area contributed by atoms with Crippen LogP contribution in [0.1, 0.15) is 85.6 Å². The molecule has 1 saturated carbocycles. The fourth-order valence-corrected chi connectivity index (χ4v) is 6.56. The van der Waals surface area contributed by atoms with E-state index in [1.54, 1.807) is 28.7 Å². The molecular weight excluding hydrogens is 599 g/mol. The maximum atomic E-state index is 11.9. The molecule has 2 amide bonds. The third kappa shape index (κ3) is 18.4. The summed E-state index contributed by atoms with van der Waals surface area (Å²) in [5.41, 5.74) is 8.83. The van der Waals surface area contributed by atoms with Crippen LogP contribution in [0.2, 0.25) is 0 Å². The Morgan fingerprint density at radius 3 is 2.45 bits per heavy atom. The Labute approximate surface area is 273 Å². The van der Waals surface area contributed by atoms with Gasteiger partial charge >= 0.3 is 12.1 Å². The number of hydrogen-bond acceptors (Lipinski definition) is 9. The van der Waals surface area contributed by atoms with E-state index in [-0.39, 0.29) is 28.8 Å². The lowest BCUT2D eigenvalue weighted by Crippen LogP contribution is -2.37. The summed E-state index contributed by atoms with van der Waals surface area (Å²) < 4.78 is 15.4. The van der Waals surface area contributed by atoms with E-state index >= 15 is 0 Å². The van der Waals surface area contributed by atoms with Gasteiger partial charge in [0.15, 0.2) is 0 Å². The average molecular weight is 654 g/mol. The van der Waals surface area contributed by atoms with E-state index < -0.39 is 6.09 Å². The van der Waals surface area contributed by atoms with Gasteiger partial charge in [0, 0.05) is 37.8 Å². The highest BCUT2D eigenvalue weighted by molar-refractivity contribution is 8.76. The minimum atomic E-state index is -0.432. The first-order valence-electron chi connectivity index (χ1n) is 15.4. The number of ether oxygens (including phenoxy) is 3. The van der Waals surface area contributed by atoms with Gasteiger partial charge in [0.05, 0.1) is 12.8 Å². The molecule has 0 saturated heterocycles. The third-order valence-electron chi connectivity index (χ3n) is 6.72. The van der Waals surface area contributed by atoms with E-state index in [4.69, 9.17) is 19.9 Å². The van der Waals surface area contributed by atoms with Crippen molar-refractivity contribution < 1.29 is 28.6 Å². The van der Waals surface area contributed by atoms with Crippen molar-refractivity contribution in [2.45, 2.75) is 93.1 Å². The number of methoxy groups -OCH3 is 1. The summed E-state index contributed by atoms with van der Waals surface area (Å²) in [6.45, 7) is 16.1. The second-order valence-electron chi connectivity index (χ2n) is 12.5. The molecule has 2 rings (SSSR count). The number of hydrogen-bond donors (Lipinski definition) is 3. The molecule has 4 N–H and O–H groups in total. The van der Waals surface area contributed by atoms with Crippen LogP contribution in [0.5, 0.6) is 5.75 Å². The fourth-order valence-electron chi connectivity index (χ4n) is 4.74. The summed E-state index contributed by atoms with van der Waals surface area (Å²) in [6, 6.07) is 5.62. The Hall–Kier alpha value is -2.37.